The maximum atomic E-state index is 6.14. The van der Waals surface area contributed by atoms with Gasteiger partial charge in [0.25, 0.3) is 0 Å². The summed E-state index contributed by atoms with van der Waals surface area (Å²) in [5.41, 5.74) is 0.920. The number of ether oxygens (including phenoxy) is 2. The van der Waals surface area contributed by atoms with Gasteiger partial charge in [-0.2, -0.15) is 0 Å². The van der Waals surface area contributed by atoms with E-state index in [9.17, 15) is 0 Å². The quantitative estimate of drug-likeness (QED) is 0.911. The number of hydrogen-bond acceptors (Lipinski definition) is 4. The molecule has 1 fully saturated rings. The van der Waals surface area contributed by atoms with Gasteiger partial charge in [-0.25, -0.2) is 0 Å². The topological polar surface area (TPSA) is 33.7 Å². The van der Waals surface area contributed by atoms with Gasteiger partial charge in [-0.05, 0) is 26.1 Å². The zero-order chi connectivity index (χ0) is 13.1. The van der Waals surface area contributed by atoms with Crippen molar-refractivity contribution in [2.75, 3.05) is 39.7 Å². The van der Waals surface area contributed by atoms with Crippen molar-refractivity contribution in [3.8, 4) is 11.5 Å². The molecule has 0 saturated carbocycles. The Morgan fingerprint density at radius 1 is 1.28 bits per heavy atom. The Bertz CT molecular complexity index is 426. The number of likely N-dealkylation sites (N-methyl/N-ethyl adjacent to an activating group) is 1. The van der Waals surface area contributed by atoms with Crippen LogP contribution in [0.15, 0.2) is 12.1 Å². The van der Waals surface area contributed by atoms with Gasteiger partial charge in [0.2, 0.25) is 0 Å². The fraction of sp³-hybridized carbons (Fsp3) is 0.538. The summed E-state index contributed by atoms with van der Waals surface area (Å²) < 4.78 is 10.5. The molecular formula is C13H19ClN2O2. The van der Waals surface area contributed by atoms with Gasteiger partial charge in [0.05, 0.1) is 24.9 Å². The number of nitrogens with one attached hydrogen (secondary N) is 1. The van der Waals surface area contributed by atoms with Gasteiger partial charge >= 0.3 is 0 Å². The first kappa shape index (κ1) is 13.3. The molecule has 1 saturated heterocycles. The Kier molecular flexibility index (Phi) is 4.19. The van der Waals surface area contributed by atoms with Crippen molar-refractivity contribution >= 4 is 17.3 Å². The third-order valence-corrected chi connectivity index (χ3v) is 3.52. The Morgan fingerprint density at radius 2 is 2.00 bits per heavy atom. The fourth-order valence-corrected chi connectivity index (χ4v) is 2.49. The zero-order valence-corrected chi connectivity index (χ0v) is 11.8. The normalized spacial score (nSPS) is 19.9. The molecule has 1 aliphatic heterocycles. The molecular weight excluding hydrogens is 252 g/mol. The van der Waals surface area contributed by atoms with Gasteiger partial charge < -0.3 is 19.7 Å². The molecule has 0 aromatic heterocycles. The van der Waals surface area contributed by atoms with Crippen molar-refractivity contribution in [3.63, 3.8) is 0 Å². The Labute approximate surface area is 113 Å². The maximum Gasteiger partial charge on any atom is 0.145 e. The molecule has 5 heteroatoms. The first-order chi connectivity index (χ1) is 8.63. The summed E-state index contributed by atoms with van der Waals surface area (Å²) in [5.74, 6) is 1.38. The summed E-state index contributed by atoms with van der Waals surface area (Å²) in [7, 11) is 5.37. The predicted molar refractivity (Wildman–Crippen MR) is 74.1 cm³/mol. The van der Waals surface area contributed by atoms with E-state index in [4.69, 9.17) is 21.1 Å². The van der Waals surface area contributed by atoms with Crippen LogP contribution in [0.2, 0.25) is 5.02 Å². The molecule has 1 atom stereocenters. The first-order valence-electron chi connectivity index (χ1n) is 6.00. The number of likely N-dealkylation sites (tertiary alicyclic amines) is 1. The van der Waals surface area contributed by atoms with Crippen molar-refractivity contribution in [2.45, 2.75) is 12.5 Å². The molecule has 1 N–H and O–H groups in total. The van der Waals surface area contributed by atoms with Gasteiger partial charge in [0.15, 0.2) is 0 Å². The van der Waals surface area contributed by atoms with Crippen LogP contribution >= 0.6 is 11.6 Å². The summed E-state index contributed by atoms with van der Waals surface area (Å²) in [5, 5.41) is 4.07. The van der Waals surface area contributed by atoms with Crippen LogP contribution in [0.25, 0.3) is 0 Å². The second-order valence-electron chi connectivity index (χ2n) is 4.58. The number of nitrogens with zero attached hydrogens (tertiary/aromatic N) is 1. The van der Waals surface area contributed by atoms with Gasteiger partial charge in [-0.3, -0.25) is 0 Å². The van der Waals surface area contributed by atoms with E-state index < -0.39 is 0 Å². The molecule has 0 spiro atoms. The van der Waals surface area contributed by atoms with E-state index in [-0.39, 0.29) is 0 Å². The Hall–Kier alpha value is -1.13. The molecule has 0 bridgehead atoms. The number of benzene rings is 1. The van der Waals surface area contributed by atoms with Crippen LogP contribution in [0.4, 0.5) is 5.69 Å². The summed E-state index contributed by atoms with van der Waals surface area (Å²) in [4.78, 5) is 2.30. The van der Waals surface area contributed by atoms with Gasteiger partial charge in [-0.1, -0.05) is 11.6 Å². The molecule has 1 heterocycles. The van der Waals surface area contributed by atoms with Crippen LogP contribution in [-0.4, -0.2) is 45.3 Å². The molecule has 100 valence electrons. The second-order valence-corrected chi connectivity index (χ2v) is 4.99. The van der Waals surface area contributed by atoms with E-state index >= 15 is 0 Å². The van der Waals surface area contributed by atoms with Crippen molar-refractivity contribution in [2.24, 2.45) is 0 Å². The number of methoxy groups -OCH3 is 2. The van der Waals surface area contributed by atoms with Crippen molar-refractivity contribution in [1.29, 1.82) is 0 Å². The average molecular weight is 271 g/mol. The van der Waals surface area contributed by atoms with E-state index in [2.05, 4.69) is 17.3 Å². The number of hydrogen-bond donors (Lipinski definition) is 1. The molecule has 0 amide bonds. The summed E-state index contributed by atoms with van der Waals surface area (Å²) in [6, 6.07) is 4.11. The lowest BCUT2D eigenvalue weighted by Crippen LogP contribution is -2.23. The Morgan fingerprint density at radius 3 is 2.56 bits per heavy atom. The van der Waals surface area contributed by atoms with Gasteiger partial charge in [0.1, 0.15) is 11.5 Å². The van der Waals surface area contributed by atoms with E-state index in [1.807, 2.05) is 12.1 Å². The summed E-state index contributed by atoms with van der Waals surface area (Å²) in [6.07, 6.45) is 1.13. The standard InChI is InChI=1S/C13H19ClN2O2/c1-16-5-4-9(8-16)15-11-6-10(14)12(17-2)7-13(11)18-3/h6-7,9,15H,4-5,8H2,1-3H3. The largest absolute Gasteiger partial charge is 0.495 e. The molecule has 0 radical (unpaired) electrons. The van der Waals surface area contributed by atoms with Crippen LogP contribution < -0.4 is 14.8 Å². The number of halogens is 1. The molecule has 1 aliphatic rings. The SMILES string of the molecule is COc1cc(OC)c(NC2CCN(C)C2)cc1Cl. The minimum atomic E-state index is 0.438. The van der Waals surface area contributed by atoms with Crippen LogP contribution in [0.5, 0.6) is 11.5 Å². The molecule has 1 aromatic rings. The van der Waals surface area contributed by atoms with Crippen LogP contribution in [0.1, 0.15) is 6.42 Å². The minimum Gasteiger partial charge on any atom is -0.495 e. The van der Waals surface area contributed by atoms with Crippen LogP contribution in [0.3, 0.4) is 0 Å². The maximum absolute atomic E-state index is 6.14. The zero-order valence-electron chi connectivity index (χ0n) is 11.0. The van der Waals surface area contributed by atoms with Crippen molar-refractivity contribution in [3.05, 3.63) is 17.2 Å². The van der Waals surface area contributed by atoms with E-state index in [1.54, 1.807) is 14.2 Å². The molecule has 2 rings (SSSR count). The van der Waals surface area contributed by atoms with E-state index in [1.165, 1.54) is 0 Å². The Balaban J connectivity index is 2.18. The highest BCUT2D eigenvalue weighted by Crippen LogP contribution is 2.36. The molecule has 18 heavy (non-hydrogen) atoms. The average Bonchev–Trinajstić information content (AvgIpc) is 2.75. The van der Waals surface area contributed by atoms with Crippen LogP contribution in [0, 0.1) is 0 Å². The van der Waals surface area contributed by atoms with E-state index in [0.717, 1.165) is 30.9 Å². The van der Waals surface area contributed by atoms with Gasteiger partial charge in [-0.15, -0.1) is 0 Å². The number of rotatable bonds is 4. The summed E-state index contributed by atoms with van der Waals surface area (Å²) >= 11 is 6.14. The fourth-order valence-electron chi connectivity index (χ4n) is 2.25. The lowest BCUT2D eigenvalue weighted by molar-refractivity contribution is 0.394. The van der Waals surface area contributed by atoms with Crippen molar-refractivity contribution in [1.82, 2.24) is 4.90 Å². The predicted octanol–water partition coefficient (Wildman–Crippen LogP) is 2.47. The van der Waals surface area contributed by atoms with Gasteiger partial charge in [0, 0.05) is 18.7 Å². The monoisotopic (exact) mass is 270 g/mol. The lowest BCUT2D eigenvalue weighted by atomic mass is 10.2. The highest BCUT2D eigenvalue weighted by atomic mass is 35.5. The highest BCUT2D eigenvalue weighted by Gasteiger charge is 2.21. The molecule has 1 aromatic carbocycles. The third kappa shape index (κ3) is 2.82. The number of anilines is 1. The summed E-state index contributed by atoms with van der Waals surface area (Å²) in [6.45, 7) is 2.15. The smallest absolute Gasteiger partial charge is 0.145 e. The lowest BCUT2D eigenvalue weighted by Gasteiger charge is -2.18. The first-order valence-corrected chi connectivity index (χ1v) is 6.38. The molecule has 0 aliphatic carbocycles. The molecule has 1 unspecified atom stereocenters. The highest BCUT2D eigenvalue weighted by molar-refractivity contribution is 6.32. The van der Waals surface area contributed by atoms with E-state index in [0.29, 0.717) is 16.8 Å². The third-order valence-electron chi connectivity index (χ3n) is 3.22. The molecule has 4 nitrogen and oxygen atoms in total. The van der Waals surface area contributed by atoms with Crippen LogP contribution in [-0.2, 0) is 0 Å². The van der Waals surface area contributed by atoms with Crippen molar-refractivity contribution < 1.29 is 9.47 Å². The second kappa shape index (κ2) is 5.67. The minimum absolute atomic E-state index is 0.438.